The number of fused-ring (bicyclic) bond motifs is 1. The van der Waals surface area contributed by atoms with Crippen LogP contribution in [0.15, 0.2) is 66.7 Å². The van der Waals surface area contributed by atoms with E-state index in [0.717, 1.165) is 51.7 Å². The maximum absolute atomic E-state index is 12.6. The van der Waals surface area contributed by atoms with Crippen molar-refractivity contribution in [2.75, 3.05) is 18.9 Å². The molecular weight excluding hydrogens is 406 g/mol. The Labute approximate surface area is 185 Å². The first kappa shape index (κ1) is 19.8. The van der Waals surface area contributed by atoms with Crippen LogP contribution >= 0.6 is 11.3 Å². The number of nitrogens with one attached hydrogen (secondary N) is 3. The van der Waals surface area contributed by atoms with Gasteiger partial charge in [0.1, 0.15) is 5.82 Å². The molecule has 0 spiro atoms. The normalized spacial score (nSPS) is 19.4. The van der Waals surface area contributed by atoms with Gasteiger partial charge in [-0.3, -0.25) is 10.2 Å². The van der Waals surface area contributed by atoms with E-state index in [2.05, 4.69) is 39.7 Å². The van der Waals surface area contributed by atoms with E-state index in [-0.39, 0.29) is 18.1 Å². The van der Waals surface area contributed by atoms with Crippen molar-refractivity contribution < 1.29 is 4.79 Å². The Balaban J connectivity index is 1.23. The highest BCUT2D eigenvalue weighted by Gasteiger charge is 2.30. The summed E-state index contributed by atoms with van der Waals surface area (Å²) in [6.45, 7) is 0.907. The van der Waals surface area contributed by atoms with Crippen LogP contribution in [-0.2, 0) is 0 Å². The van der Waals surface area contributed by atoms with Crippen LogP contribution in [0.4, 0.5) is 9.80 Å². The Bertz CT molecular complexity index is 1150. The number of nitrogens with zero attached hydrogens (tertiary/aromatic N) is 2. The number of anilines is 1. The molecule has 0 radical (unpaired) electrons. The molecule has 4 aromatic rings. The highest BCUT2D eigenvalue weighted by atomic mass is 32.1. The first-order valence-electron chi connectivity index (χ1n) is 10.5. The number of imidazole rings is 1. The van der Waals surface area contributed by atoms with Gasteiger partial charge in [-0.05, 0) is 49.7 Å². The van der Waals surface area contributed by atoms with Crippen LogP contribution in [0.25, 0.3) is 21.5 Å². The molecule has 2 atom stereocenters. The van der Waals surface area contributed by atoms with E-state index in [9.17, 15) is 4.79 Å². The fourth-order valence-corrected chi connectivity index (χ4v) is 5.07. The Morgan fingerprint density at radius 3 is 2.74 bits per heavy atom. The van der Waals surface area contributed by atoms with Gasteiger partial charge in [0.25, 0.3) is 0 Å². The Morgan fingerprint density at radius 1 is 1.10 bits per heavy atom. The number of rotatable bonds is 4. The molecule has 0 saturated carbocycles. The van der Waals surface area contributed by atoms with Crippen molar-refractivity contribution in [3.05, 3.63) is 72.6 Å². The second kappa shape index (κ2) is 8.53. The van der Waals surface area contributed by atoms with Gasteiger partial charge in [0.05, 0.1) is 22.1 Å². The van der Waals surface area contributed by atoms with Gasteiger partial charge >= 0.3 is 6.03 Å². The maximum atomic E-state index is 12.6. The summed E-state index contributed by atoms with van der Waals surface area (Å²) < 4.78 is 0. The van der Waals surface area contributed by atoms with E-state index in [1.165, 1.54) is 0 Å². The Morgan fingerprint density at radius 2 is 1.90 bits per heavy atom. The monoisotopic (exact) mass is 431 g/mol. The molecule has 2 aromatic heterocycles. The van der Waals surface area contributed by atoms with E-state index < -0.39 is 0 Å². The highest BCUT2D eigenvalue weighted by molar-refractivity contribution is 7.19. The van der Waals surface area contributed by atoms with Gasteiger partial charge in [-0.25, -0.2) is 9.78 Å². The molecule has 0 bridgehead atoms. The van der Waals surface area contributed by atoms with E-state index >= 15 is 0 Å². The molecule has 0 aliphatic carbocycles. The third kappa shape index (κ3) is 4.33. The zero-order chi connectivity index (χ0) is 21.2. The molecule has 31 heavy (non-hydrogen) atoms. The van der Waals surface area contributed by atoms with Gasteiger partial charge in [0, 0.05) is 17.5 Å². The lowest BCUT2D eigenvalue weighted by atomic mass is 9.97. The van der Waals surface area contributed by atoms with Crippen molar-refractivity contribution in [3.8, 4) is 10.4 Å². The SMILES string of the molecule is CN1CC[C@@H](NC(=O)Nc2ccc(-c3ccccc3)s2)C[C@@H]1c1nc2ccccc2[nH]1. The third-order valence-electron chi connectivity index (χ3n) is 5.83. The number of thiophene rings is 1. The molecular formula is C24H25N5OS. The lowest BCUT2D eigenvalue weighted by molar-refractivity contribution is 0.153. The molecule has 1 fully saturated rings. The molecule has 1 saturated heterocycles. The van der Waals surface area contributed by atoms with Crippen LogP contribution in [0.3, 0.4) is 0 Å². The minimum absolute atomic E-state index is 0.1000. The van der Waals surface area contributed by atoms with E-state index in [1.54, 1.807) is 11.3 Å². The summed E-state index contributed by atoms with van der Waals surface area (Å²) in [5.74, 6) is 0.960. The van der Waals surface area contributed by atoms with Crippen LogP contribution in [0, 0.1) is 0 Å². The Kier molecular flexibility index (Phi) is 5.44. The summed E-state index contributed by atoms with van der Waals surface area (Å²) in [7, 11) is 2.12. The van der Waals surface area contributed by atoms with Gasteiger partial charge in [-0.2, -0.15) is 0 Å². The second-order valence-electron chi connectivity index (χ2n) is 7.99. The van der Waals surface area contributed by atoms with Gasteiger partial charge in [-0.1, -0.05) is 42.5 Å². The quantitative estimate of drug-likeness (QED) is 0.413. The lowest BCUT2D eigenvalue weighted by Gasteiger charge is -2.36. The summed E-state index contributed by atoms with van der Waals surface area (Å²) in [6, 6.07) is 22.4. The molecule has 2 amide bonds. The number of carbonyl (C=O) groups excluding carboxylic acids is 1. The zero-order valence-corrected chi connectivity index (χ0v) is 18.2. The number of aromatic amines is 1. The molecule has 3 N–H and O–H groups in total. The lowest BCUT2D eigenvalue weighted by Crippen LogP contribution is -2.46. The average Bonchev–Trinajstić information content (AvgIpc) is 3.42. The predicted molar refractivity (Wildman–Crippen MR) is 126 cm³/mol. The van der Waals surface area contributed by atoms with E-state index in [1.807, 2.05) is 54.6 Å². The maximum Gasteiger partial charge on any atom is 0.320 e. The zero-order valence-electron chi connectivity index (χ0n) is 17.3. The van der Waals surface area contributed by atoms with Crippen LogP contribution in [-0.4, -0.2) is 40.5 Å². The minimum atomic E-state index is -0.153. The van der Waals surface area contributed by atoms with Gasteiger partial charge in [0.15, 0.2) is 0 Å². The summed E-state index contributed by atoms with van der Waals surface area (Å²) in [5.41, 5.74) is 3.18. The van der Waals surface area contributed by atoms with Crippen LogP contribution in [0.2, 0.25) is 0 Å². The number of benzene rings is 2. The van der Waals surface area contributed by atoms with Crippen LogP contribution in [0.1, 0.15) is 24.7 Å². The number of urea groups is 1. The summed E-state index contributed by atoms with van der Waals surface area (Å²) >= 11 is 1.58. The number of amides is 2. The van der Waals surface area contributed by atoms with Crippen molar-refractivity contribution >= 4 is 33.4 Å². The predicted octanol–water partition coefficient (Wildman–Crippen LogP) is 5.25. The molecule has 0 unspecified atom stereocenters. The number of likely N-dealkylation sites (tertiary alicyclic amines) is 1. The summed E-state index contributed by atoms with van der Waals surface area (Å²) in [4.78, 5) is 24.3. The van der Waals surface area contributed by atoms with E-state index in [4.69, 9.17) is 4.98 Å². The number of carbonyl (C=O) groups is 1. The van der Waals surface area contributed by atoms with Crippen molar-refractivity contribution in [2.24, 2.45) is 0 Å². The number of hydrogen-bond acceptors (Lipinski definition) is 4. The second-order valence-corrected chi connectivity index (χ2v) is 9.07. The molecule has 7 heteroatoms. The highest BCUT2D eigenvalue weighted by Crippen LogP contribution is 2.32. The standard InChI is InChI=1S/C24H25N5OS/c1-29-14-13-17(15-20(29)23-26-18-9-5-6-10-19(18)27-23)25-24(30)28-22-12-11-21(31-22)16-7-3-2-4-8-16/h2-12,17,20H,13-15H2,1H3,(H,26,27)(H2,25,28,30)/t17-,20-/m1/s1. The van der Waals surface area contributed by atoms with Gasteiger partial charge in [0.2, 0.25) is 0 Å². The third-order valence-corrected chi connectivity index (χ3v) is 6.88. The number of H-pyrrole nitrogens is 1. The van der Waals surface area contributed by atoms with Crippen LogP contribution < -0.4 is 10.6 Å². The van der Waals surface area contributed by atoms with Crippen molar-refractivity contribution in [2.45, 2.75) is 24.9 Å². The number of aromatic nitrogens is 2. The number of hydrogen-bond donors (Lipinski definition) is 3. The first-order valence-corrected chi connectivity index (χ1v) is 11.3. The molecule has 158 valence electrons. The number of para-hydroxylation sites is 2. The fraction of sp³-hybridized carbons (Fsp3) is 0.250. The molecule has 3 heterocycles. The molecule has 5 rings (SSSR count). The fourth-order valence-electron chi connectivity index (χ4n) is 4.16. The van der Waals surface area contributed by atoms with Crippen molar-refractivity contribution in [3.63, 3.8) is 0 Å². The topological polar surface area (TPSA) is 73.1 Å². The summed E-state index contributed by atoms with van der Waals surface area (Å²) in [6.07, 6.45) is 1.74. The van der Waals surface area contributed by atoms with E-state index in [0.29, 0.717) is 0 Å². The summed E-state index contributed by atoms with van der Waals surface area (Å²) in [5, 5.41) is 7.00. The van der Waals surface area contributed by atoms with Crippen molar-refractivity contribution in [1.82, 2.24) is 20.2 Å². The molecule has 2 aromatic carbocycles. The van der Waals surface area contributed by atoms with Crippen molar-refractivity contribution in [1.29, 1.82) is 0 Å². The smallest absolute Gasteiger partial charge is 0.320 e. The molecule has 6 nitrogen and oxygen atoms in total. The number of piperidine rings is 1. The minimum Gasteiger partial charge on any atom is -0.341 e. The Hall–Kier alpha value is -3.16. The van der Waals surface area contributed by atoms with Gasteiger partial charge in [-0.15, -0.1) is 11.3 Å². The molecule has 1 aliphatic rings. The molecule has 1 aliphatic heterocycles. The largest absolute Gasteiger partial charge is 0.341 e. The van der Waals surface area contributed by atoms with Gasteiger partial charge < -0.3 is 10.3 Å². The first-order chi connectivity index (χ1) is 15.2. The van der Waals surface area contributed by atoms with Crippen LogP contribution in [0.5, 0.6) is 0 Å². The average molecular weight is 432 g/mol.